The Morgan fingerprint density at radius 1 is 0.677 bits per heavy atom. The molecule has 0 unspecified atom stereocenters. The van der Waals surface area contributed by atoms with Gasteiger partial charge in [0.05, 0.1) is 5.69 Å². The van der Waals surface area contributed by atoms with Crippen molar-refractivity contribution in [3.05, 3.63) is 95.3 Å². The van der Waals surface area contributed by atoms with Crippen molar-refractivity contribution in [1.29, 1.82) is 0 Å². The molecule has 3 aromatic carbocycles. The number of imidazole rings is 1. The van der Waals surface area contributed by atoms with E-state index in [-0.39, 0.29) is 0 Å². The molecule has 0 radical (unpaired) electrons. The van der Waals surface area contributed by atoms with Crippen LogP contribution in [0.3, 0.4) is 0 Å². The number of hydrogen-bond donors (Lipinski definition) is 0. The molecule has 0 bridgehead atoms. The number of rotatable bonds is 3. The fraction of sp³-hybridized carbons (Fsp3) is 0.276. The second kappa shape index (κ2) is 7.85. The Morgan fingerprint density at radius 3 is 2.06 bits per heavy atom. The Morgan fingerprint density at radius 2 is 1.32 bits per heavy atom. The molecule has 0 aliphatic heterocycles. The van der Waals surface area contributed by atoms with E-state index in [0.717, 1.165) is 11.4 Å². The molecule has 6 rings (SSSR count). The quantitative estimate of drug-likeness (QED) is 0.361. The lowest BCUT2D eigenvalue weighted by Gasteiger charge is -2.29. The van der Waals surface area contributed by atoms with Gasteiger partial charge in [0, 0.05) is 23.5 Å². The predicted octanol–water partition coefficient (Wildman–Crippen LogP) is 6.96. The van der Waals surface area contributed by atoms with Crippen LogP contribution >= 0.6 is 0 Å². The molecule has 1 heterocycles. The van der Waals surface area contributed by atoms with Crippen molar-refractivity contribution in [1.82, 2.24) is 9.55 Å². The molecule has 154 valence electrons. The molecule has 0 N–H and O–H groups in total. The lowest BCUT2D eigenvalue weighted by atomic mass is 9.77. The van der Waals surface area contributed by atoms with E-state index in [9.17, 15) is 0 Å². The molecule has 1 aromatic heterocycles. The fourth-order valence-corrected chi connectivity index (χ4v) is 5.66. The lowest BCUT2D eigenvalue weighted by molar-refractivity contribution is 0.660. The summed E-state index contributed by atoms with van der Waals surface area (Å²) in [5, 5.41) is 0. The van der Waals surface area contributed by atoms with Gasteiger partial charge in [-0.1, -0.05) is 54.6 Å². The molecule has 0 fully saturated rings. The molecule has 0 saturated heterocycles. The first-order valence-electron chi connectivity index (χ1n) is 11.8. The number of aromatic nitrogens is 2. The summed E-state index contributed by atoms with van der Waals surface area (Å²) in [4.78, 5) is 4.74. The molecule has 2 nitrogen and oxygen atoms in total. The summed E-state index contributed by atoms with van der Waals surface area (Å²) in [7, 11) is 0. The second-order valence-electron chi connectivity index (χ2n) is 8.95. The van der Waals surface area contributed by atoms with Crippen molar-refractivity contribution in [2.75, 3.05) is 0 Å². The van der Waals surface area contributed by atoms with Crippen LogP contribution in [0.5, 0.6) is 0 Å². The average Bonchev–Trinajstić information content (AvgIpc) is 3.33. The third kappa shape index (κ3) is 3.22. The predicted molar refractivity (Wildman–Crippen MR) is 128 cm³/mol. The van der Waals surface area contributed by atoms with Crippen molar-refractivity contribution in [2.24, 2.45) is 0 Å². The van der Waals surface area contributed by atoms with Crippen LogP contribution in [0.1, 0.15) is 47.9 Å². The molecule has 2 heteroatoms. The van der Waals surface area contributed by atoms with Gasteiger partial charge in [0.1, 0.15) is 5.82 Å². The summed E-state index contributed by atoms with van der Waals surface area (Å²) in [5.41, 5.74) is 11.7. The number of fused-ring (bicyclic) bond motifs is 2. The zero-order chi connectivity index (χ0) is 20.6. The van der Waals surface area contributed by atoms with E-state index in [4.69, 9.17) is 4.98 Å². The minimum atomic E-state index is 1.01. The molecular formula is C29H28N2. The maximum absolute atomic E-state index is 4.74. The van der Waals surface area contributed by atoms with E-state index < -0.39 is 0 Å². The molecule has 4 aromatic rings. The minimum Gasteiger partial charge on any atom is -0.299 e. The van der Waals surface area contributed by atoms with E-state index in [1.807, 2.05) is 6.20 Å². The van der Waals surface area contributed by atoms with Crippen molar-refractivity contribution in [3.8, 4) is 28.2 Å². The number of nitrogens with zero attached hydrogens (tertiary/aromatic N) is 2. The summed E-state index contributed by atoms with van der Waals surface area (Å²) in [6, 6.07) is 22.1. The Hall–Kier alpha value is -3.13. The molecular weight excluding hydrogens is 376 g/mol. The zero-order valence-electron chi connectivity index (χ0n) is 18.0. The normalized spacial score (nSPS) is 15.4. The molecule has 0 spiro atoms. The van der Waals surface area contributed by atoms with Gasteiger partial charge in [-0.3, -0.25) is 4.57 Å². The van der Waals surface area contributed by atoms with Crippen LogP contribution in [-0.4, -0.2) is 9.55 Å². The average molecular weight is 405 g/mol. The van der Waals surface area contributed by atoms with Crippen LogP contribution in [0.25, 0.3) is 28.2 Å². The highest BCUT2D eigenvalue weighted by Crippen LogP contribution is 2.42. The van der Waals surface area contributed by atoms with Gasteiger partial charge in [0.25, 0.3) is 0 Å². The van der Waals surface area contributed by atoms with E-state index in [1.165, 1.54) is 68.2 Å². The monoisotopic (exact) mass is 404 g/mol. The highest BCUT2D eigenvalue weighted by Gasteiger charge is 2.24. The molecule has 0 atom stereocenters. The number of aryl methyl sites for hydroxylation is 2. The van der Waals surface area contributed by atoms with Gasteiger partial charge in [0.2, 0.25) is 0 Å². The summed E-state index contributed by atoms with van der Waals surface area (Å²) in [5.74, 6) is 1.01. The maximum Gasteiger partial charge on any atom is 0.144 e. The van der Waals surface area contributed by atoms with Gasteiger partial charge in [-0.15, -0.1) is 0 Å². The van der Waals surface area contributed by atoms with Crippen LogP contribution < -0.4 is 0 Å². The Bertz CT molecular complexity index is 1200. The van der Waals surface area contributed by atoms with Crippen LogP contribution in [-0.2, 0) is 25.7 Å². The third-order valence-corrected chi connectivity index (χ3v) is 7.08. The molecule has 0 amide bonds. The molecule has 31 heavy (non-hydrogen) atoms. The van der Waals surface area contributed by atoms with Gasteiger partial charge >= 0.3 is 0 Å². The molecule has 2 aliphatic carbocycles. The Balaban J connectivity index is 1.60. The van der Waals surface area contributed by atoms with Crippen molar-refractivity contribution >= 4 is 0 Å². The first-order chi connectivity index (χ1) is 15.4. The summed E-state index contributed by atoms with van der Waals surface area (Å²) >= 11 is 0. The van der Waals surface area contributed by atoms with Crippen molar-refractivity contribution < 1.29 is 0 Å². The molecule has 0 saturated carbocycles. The number of benzene rings is 3. The largest absolute Gasteiger partial charge is 0.299 e. The van der Waals surface area contributed by atoms with E-state index in [1.54, 1.807) is 22.3 Å². The Labute approximate surface area is 184 Å². The first-order valence-corrected chi connectivity index (χ1v) is 11.8. The maximum atomic E-state index is 4.74. The van der Waals surface area contributed by atoms with Crippen LogP contribution in [0.4, 0.5) is 0 Å². The SMILES string of the molecule is c1ccc(-c2nccn2-c2ccccc2-c2c3c(cc4c2CCCC4)CCCC3)cc1. The van der Waals surface area contributed by atoms with Crippen LogP contribution in [0.15, 0.2) is 73.1 Å². The van der Waals surface area contributed by atoms with Gasteiger partial charge in [-0.05, 0) is 85.3 Å². The van der Waals surface area contributed by atoms with E-state index >= 15 is 0 Å². The topological polar surface area (TPSA) is 17.8 Å². The highest BCUT2D eigenvalue weighted by molar-refractivity contribution is 5.81. The highest BCUT2D eigenvalue weighted by atomic mass is 15.1. The smallest absolute Gasteiger partial charge is 0.144 e. The van der Waals surface area contributed by atoms with E-state index in [2.05, 4.69) is 71.4 Å². The summed E-state index contributed by atoms with van der Waals surface area (Å²) in [6.45, 7) is 0. The van der Waals surface area contributed by atoms with Gasteiger partial charge in [-0.25, -0.2) is 4.98 Å². The van der Waals surface area contributed by atoms with Crippen LogP contribution in [0, 0.1) is 0 Å². The zero-order valence-corrected chi connectivity index (χ0v) is 18.0. The van der Waals surface area contributed by atoms with Crippen molar-refractivity contribution in [2.45, 2.75) is 51.4 Å². The lowest BCUT2D eigenvalue weighted by Crippen LogP contribution is -2.13. The minimum absolute atomic E-state index is 1.01. The Kier molecular flexibility index (Phi) is 4.71. The standard InChI is InChI=1S/C29H28N2/c1-2-10-21(11-3-1)29-30-18-19-31(29)27-17-9-8-16-26(27)28-24-14-6-4-12-22(24)20-23-13-5-7-15-25(23)28/h1-3,8-11,16-20H,4-7,12-15H2. The van der Waals surface area contributed by atoms with Crippen LogP contribution in [0.2, 0.25) is 0 Å². The van der Waals surface area contributed by atoms with Gasteiger partial charge in [-0.2, -0.15) is 0 Å². The summed E-state index contributed by atoms with van der Waals surface area (Å²) < 4.78 is 2.28. The number of hydrogen-bond acceptors (Lipinski definition) is 1. The third-order valence-electron chi connectivity index (χ3n) is 7.08. The number of para-hydroxylation sites is 1. The van der Waals surface area contributed by atoms with E-state index in [0.29, 0.717) is 0 Å². The molecule has 2 aliphatic rings. The van der Waals surface area contributed by atoms with Gasteiger partial charge < -0.3 is 0 Å². The van der Waals surface area contributed by atoms with Gasteiger partial charge in [0.15, 0.2) is 0 Å². The first kappa shape index (κ1) is 18.6. The fourth-order valence-electron chi connectivity index (χ4n) is 5.66. The summed E-state index contributed by atoms with van der Waals surface area (Å²) in [6.07, 6.45) is 14.2. The van der Waals surface area contributed by atoms with Crippen molar-refractivity contribution in [3.63, 3.8) is 0 Å². The second-order valence-corrected chi connectivity index (χ2v) is 8.95.